The summed E-state index contributed by atoms with van der Waals surface area (Å²) in [7, 11) is 0. The first-order valence-corrected chi connectivity index (χ1v) is 6.29. The van der Waals surface area contributed by atoms with Crippen LogP contribution in [0.5, 0.6) is 0 Å². The van der Waals surface area contributed by atoms with Crippen LogP contribution in [0.3, 0.4) is 0 Å². The molecule has 3 atom stereocenters. The van der Waals surface area contributed by atoms with Crippen LogP contribution in [0.4, 0.5) is 5.82 Å². The molecule has 17 heavy (non-hydrogen) atoms. The van der Waals surface area contributed by atoms with Crippen LogP contribution < -0.4 is 16.6 Å². The summed E-state index contributed by atoms with van der Waals surface area (Å²) in [6.45, 7) is 2.60. The topological polar surface area (TPSA) is 93.0 Å². The summed E-state index contributed by atoms with van der Waals surface area (Å²) in [6.07, 6.45) is 2.27. The molecule has 0 aliphatic heterocycles. The highest BCUT2D eigenvalue weighted by atomic mass is 79.9. The Morgan fingerprint density at radius 2 is 2.53 bits per heavy atom. The maximum atomic E-state index is 11.4. The van der Waals surface area contributed by atoms with Crippen molar-refractivity contribution >= 4 is 21.7 Å². The van der Waals surface area contributed by atoms with Gasteiger partial charge in [0.2, 0.25) is 0 Å². The van der Waals surface area contributed by atoms with E-state index in [1.165, 1.54) is 6.33 Å². The number of anilines is 1. The third kappa shape index (κ3) is 2.51. The summed E-state index contributed by atoms with van der Waals surface area (Å²) in [5.41, 5.74) is 5.69. The zero-order valence-electron chi connectivity index (χ0n) is 9.44. The summed E-state index contributed by atoms with van der Waals surface area (Å²) in [5, 5.41) is 3.14. The van der Waals surface area contributed by atoms with Crippen molar-refractivity contribution in [3.05, 3.63) is 21.2 Å². The summed E-state index contributed by atoms with van der Waals surface area (Å²) >= 11 is 3.19. The number of nitrogens with one attached hydrogen (secondary N) is 2. The zero-order valence-corrected chi connectivity index (χ0v) is 11.0. The lowest BCUT2D eigenvalue weighted by atomic mass is 9.83. The summed E-state index contributed by atoms with van der Waals surface area (Å²) < 4.78 is 5.92. The molecule has 1 aliphatic rings. The molecule has 0 bridgehead atoms. The van der Waals surface area contributed by atoms with Gasteiger partial charge in [0, 0.05) is 12.6 Å². The lowest BCUT2D eigenvalue weighted by Crippen LogP contribution is -2.60. The lowest BCUT2D eigenvalue weighted by molar-refractivity contribution is -0.0127. The highest BCUT2D eigenvalue weighted by molar-refractivity contribution is 9.10. The SMILES string of the molecule is CCOC1CC(N)C1Nc1nc[nH]c(=O)c1Br. The van der Waals surface area contributed by atoms with E-state index in [9.17, 15) is 4.79 Å². The Kier molecular flexibility index (Phi) is 3.80. The maximum Gasteiger partial charge on any atom is 0.267 e. The number of aromatic amines is 1. The van der Waals surface area contributed by atoms with Gasteiger partial charge in [0.15, 0.2) is 0 Å². The molecule has 1 saturated carbocycles. The lowest BCUT2D eigenvalue weighted by Gasteiger charge is -2.42. The molecule has 0 spiro atoms. The molecule has 7 heteroatoms. The largest absolute Gasteiger partial charge is 0.376 e. The molecule has 1 aliphatic carbocycles. The van der Waals surface area contributed by atoms with Gasteiger partial charge in [0.25, 0.3) is 5.56 Å². The third-order valence-corrected chi connectivity index (χ3v) is 3.58. The quantitative estimate of drug-likeness (QED) is 0.751. The van der Waals surface area contributed by atoms with Crippen LogP contribution in [0.2, 0.25) is 0 Å². The first-order valence-electron chi connectivity index (χ1n) is 5.50. The Balaban J connectivity index is 2.09. The van der Waals surface area contributed by atoms with E-state index in [4.69, 9.17) is 10.5 Å². The van der Waals surface area contributed by atoms with E-state index in [2.05, 4.69) is 31.2 Å². The second kappa shape index (κ2) is 5.16. The van der Waals surface area contributed by atoms with Crippen molar-refractivity contribution in [1.82, 2.24) is 9.97 Å². The van der Waals surface area contributed by atoms with Crippen molar-refractivity contribution in [1.29, 1.82) is 0 Å². The van der Waals surface area contributed by atoms with Gasteiger partial charge in [-0.3, -0.25) is 4.79 Å². The molecule has 0 radical (unpaired) electrons. The number of ether oxygens (including phenoxy) is 1. The fraction of sp³-hybridized carbons (Fsp3) is 0.600. The normalized spacial score (nSPS) is 27.6. The molecule has 0 aromatic carbocycles. The molecule has 3 unspecified atom stereocenters. The highest BCUT2D eigenvalue weighted by Gasteiger charge is 2.39. The fourth-order valence-corrected chi connectivity index (χ4v) is 2.20. The minimum Gasteiger partial charge on any atom is -0.376 e. The van der Waals surface area contributed by atoms with Gasteiger partial charge in [-0.05, 0) is 29.3 Å². The number of nitrogens with two attached hydrogens (primary N) is 1. The molecule has 1 fully saturated rings. The number of hydrogen-bond donors (Lipinski definition) is 3. The number of aromatic nitrogens is 2. The molecule has 0 saturated heterocycles. The number of nitrogens with zero attached hydrogens (tertiary/aromatic N) is 1. The molecule has 1 aromatic heterocycles. The van der Waals surface area contributed by atoms with E-state index >= 15 is 0 Å². The zero-order chi connectivity index (χ0) is 12.4. The standard InChI is InChI=1S/C10H15BrN4O2/c1-2-17-6-3-5(12)8(6)15-9-7(11)10(16)14-4-13-9/h4-6,8H,2-3,12H2,1H3,(H2,13,14,15,16). The van der Waals surface area contributed by atoms with E-state index in [0.717, 1.165) is 6.42 Å². The van der Waals surface area contributed by atoms with Crippen LogP contribution >= 0.6 is 15.9 Å². The summed E-state index contributed by atoms with van der Waals surface area (Å²) in [6, 6.07) is 0.0279. The molecular formula is C10H15BrN4O2. The molecule has 1 aromatic rings. The van der Waals surface area contributed by atoms with Gasteiger partial charge in [-0.15, -0.1) is 0 Å². The van der Waals surface area contributed by atoms with Crippen molar-refractivity contribution in [2.75, 3.05) is 11.9 Å². The van der Waals surface area contributed by atoms with Gasteiger partial charge in [-0.25, -0.2) is 4.98 Å². The first-order chi connectivity index (χ1) is 8.13. The van der Waals surface area contributed by atoms with Gasteiger partial charge in [-0.2, -0.15) is 0 Å². The Morgan fingerprint density at radius 3 is 3.18 bits per heavy atom. The maximum absolute atomic E-state index is 11.4. The second-order valence-electron chi connectivity index (χ2n) is 3.96. The van der Waals surface area contributed by atoms with Crippen LogP contribution in [-0.2, 0) is 4.74 Å². The van der Waals surface area contributed by atoms with Gasteiger partial charge in [0.1, 0.15) is 10.3 Å². The molecule has 4 N–H and O–H groups in total. The third-order valence-electron chi connectivity index (χ3n) is 2.85. The summed E-state index contributed by atoms with van der Waals surface area (Å²) in [5.74, 6) is 0.499. The van der Waals surface area contributed by atoms with E-state index in [1.54, 1.807) is 0 Å². The Bertz CT molecular complexity index is 448. The average Bonchev–Trinajstić information content (AvgIpc) is 2.31. The number of rotatable bonds is 4. The van der Waals surface area contributed by atoms with Crippen LogP contribution in [0.1, 0.15) is 13.3 Å². The second-order valence-corrected chi connectivity index (χ2v) is 4.75. The number of halogens is 1. The molecule has 2 rings (SSSR count). The monoisotopic (exact) mass is 302 g/mol. The van der Waals surface area contributed by atoms with Crippen molar-refractivity contribution in [2.45, 2.75) is 31.5 Å². The van der Waals surface area contributed by atoms with Gasteiger partial charge < -0.3 is 20.8 Å². The van der Waals surface area contributed by atoms with Crippen LogP contribution in [0.15, 0.2) is 15.6 Å². The molecule has 0 amide bonds. The molecule has 94 valence electrons. The van der Waals surface area contributed by atoms with E-state index in [1.807, 2.05) is 6.92 Å². The Labute approximate surface area is 107 Å². The Morgan fingerprint density at radius 1 is 1.76 bits per heavy atom. The minimum absolute atomic E-state index is 0.000509. The van der Waals surface area contributed by atoms with Gasteiger partial charge in [-0.1, -0.05) is 0 Å². The summed E-state index contributed by atoms with van der Waals surface area (Å²) in [4.78, 5) is 17.9. The average molecular weight is 303 g/mol. The predicted molar refractivity (Wildman–Crippen MR) is 68.0 cm³/mol. The van der Waals surface area contributed by atoms with Crippen molar-refractivity contribution < 1.29 is 4.74 Å². The Hall–Kier alpha value is -0.920. The number of hydrogen-bond acceptors (Lipinski definition) is 5. The smallest absolute Gasteiger partial charge is 0.267 e. The van der Waals surface area contributed by atoms with Crippen LogP contribution in [0, 0.1) is 0 Å². The van der Waals surface area contributed by atoms with Crippen molar-refractivity contribution in [2.24, 2.45) is 5.73 Å². The van der Waals surface area contributed by atoms with E-state index in [0.29, 0.717) is 16.9 Å². The molecule has 6 nitrogen and oxygen atoms in total. The van der Waals surface area contributed by atoms with Crippen LogP contribution in [-0.4, -0.2) is 34.8 Å². The number of H-pyrrole nitrogens is 1. The highest BCUT2D eigenvalue weighted by Crippen LogP contribution is 2.27. The van der Waals surface area contributed by atoms with Crippen molar-refractivity contribution in [3.63, 3.8) is 0 Å². The first kappa shape index (κ1) is 12.5. The minimum atomic E-state index is -0.219. The fourth-order valence-electron chi connectivity index (χ4n) is 1.87. The molecular weight excluding hydrogens is 288 g/mol. The van der Waals surface area contributed by atoms with E-state index < -0.39 is 0 Å². The predicted octanol–water partition coefficient (Wildman–Crippen LogP) is 0.449. The van der Waals surface area contributed by atoms with Crippen molar-refractivity contribution in [3.8, 4) is 0 Å². The van der Waals surface area contributed by atoms with E-state index in [-0.39, 0.29) is 23.7 Å². The van der Waals surface area contributed by atoms with Crippen LogP contribution in [0.25, 0.3) is 0 Å². The van der Waals surface area contributed by atoms with Gasteiger partial charge >= 0.3 is 0 Å². The van der Waals surface area contributed by atoms with Gasteiger partial charge in [0.05, 0.1) is 18.5 Å². The molecule has 1 heterocycles.